The zero-order valence-corrected chi connectivity index (χ0v) is 17.0. The summed E-state index contributed by atoms with van der Waals surface area (Å²) in [6.45, 7) is 3.04. The minimum Gasteiger partial charge on any atom is -0.383 e. The Morgan fingerprint density at radius 3 is 2.79 bits per heavy atom. The molecule has 24 heavy (non-hydrogen) atoms. The van der Waals surface area contributed by atoms with Crippen LogP contribution in [0, 0.1) is 0 Å². The normalized spacial score (nSPS) is 16.9. The van der Waals surface area contributed by atoms with Crippen molar-refractivity contribution in [2.75, 3.05) is 40.5 Å². The van der Waals surface area contributed by atoms with E-state index in [4.69, 9.17) is 9.47 Å². The van der Waals surface area contributed by atoms with Gasteiger partial charge in [-0.15, -0.1) is 24.0 Å². The van der Waals surface area contributed by atoms with Crippen molar-refractivity contribution in [3.63, 3.8) is 0 Å². The maximum atomic E-state index is 6.10. The second-order valence-corrected chi connectivity index (χ2v) is 5.72. The maximum absolute atomic E-state index is 6.10. The Morgan fingerprint density at radius 1 is 1.21 bits per heavy atom. The van der Waals surface area contributed by atoms with Gasteiger partial charge in [0, 0.05) is 33.9 Å². The molecule has 1 aliphatic carbocycles. The van der Waals surface area contributed by atoms with E-state index in [2.05, 4.69) is 39.9 Å². The monoisotopic (exact) mass is 447 g/mol. The van der Waals surface area contributed by atoms with Gasteiger partial charge in [0.2, 0.25) is 0 Å². The summed E-state index contributed by atoms with van der Waals surface area (Å²) in [6.07, 6.45) is 4.75. The maximum Gasteiger partial charge on any atom is 0.191 e. The SMILES string of the molecule is CN=C(NCCCOC1CCCc2ccccc21)NCCOC.I. The highest BCUT2D eigenvalue weighted by Gasteiger charge is 2.19. The number of hydrogen-bond acceptors (Lipinski definition) is 3. The van der Waals surface area contributed by atoms with Crippen molar-refractivity contribution in [3.05, 3.63) is 35.4 Å². The number of rotatable bonds is 8. The van der Waals surface area contributed by atoms with Crippen molar-refractivity contribution in [1.29, 1.82) is 0 Å². The lowest BCUT2D eigenvalue weighted by molar-refractivity contribution is 0.0398. The van der Waals surface area contributed by atoms with Crippen molar-refractivity contribution < 1.29 is 9.47 Å². The number of methoxy groups -OCH3 is 1. The number of benzene rings is 1. The highest BCUT2D eigenvalue weighted by atomic mass is 127. The fourth-order valence-electron chi connectivity index (χ4n) is 2.88. The second kappa shape index (κ2) is 12.5. The van der Waals surface area contributed by atoms with Crippen LogP contribution in [0.4, 0.5) is 0 Å². The van der Waals surface area contributed by atoms with Crippen molar-refractivity contribution >= 4 is 29.9 Å². The first-order valence-corrected chi connectivity index (χ1v) is 8.48. The topological polar surface area (TPSA) is 54.9 Å². The summed E-state index contributed by atoms with van der Waals surface area (Å²) in [5.74, 6) is 0.810. The Morgan fingerprint density at radius 2 is 2.00 bits per heavy atom. The van der Waals surface area contributed by atoms with Crippen LogP contribution in [0.15, 0.2) is 29.3 Å². The third-order valence-electron chi connectivity index (χ3n) is 4.07. The highest BCUT2D eigenvalue weighted by Crippen LogP contribution is 2.32. The van der Waals surface area contributed by atoms with E-state index < -0.39 is 0 Å². The molecule has 0 fully saturated rings. The Hall–Kier alpha value is -0.860. The second-order valence-electron chi connectivity index (χ2n) is 5.72. The third kappa shape index (κ3) is 6.94. The molecular weight excluding hydrogens is 417 g/mol. The molecule has 1 aromatic rings. The average Bonchev–Trinajstić information content (AvgIpc) is 2.60. The van der Waals surface area contributed by atoms with E-state index in [1.165, 1.54) is 24.0 Å². The molecule has 1 aromatic carbocycles. The lowest BCUT2D eigenvalue weighted by Gasteiger charge is -2.25. The number of ether oxygens (including phenoxy) is 2. The van der Waals surface area contributed by atoms with Gasteiger partial charge >= 0.3 is 0 Å². The number of guanidine groups is 1. The van der Waals surface area contributed by atoms with Crippen LogP contribution in [0.3, 0.4) is 0 Å². The zero-order valence-electron chi connectivity index (χ0n) is 14.7. The van der Waals surface area contributed by atoms with Gasteiger partial charge in [0.15, 0.2) is 5.96 Å². The van der Waals surface area contributed by atoms with Crippen LogP contribution in [0.5, 0.6) is 0 Å². The van der Waals surface area contributed by atoms with Crippen molar-refractivity contribution in [1.82, 2.24) is 10.6 Å². The lowest BCUT2D eigenvalue weighted by atomic mass is 9.89. The number of fused-ring (bicyclic) bond motifs is 1. The van der Waals surface area contributed by atoms with Crippen molar-refractivity contribution in [3.8, 4) is 0 Å². The number of nitrogens with zero attached hydrogens (tertiary/aromatic N) is 1. The molecule has 136 valence electrons. The predicted molar refractivity (Wildman–Crippen MR) is 109 cm³/mol. The molecule has 5 nitrogen and oxygen atoms in total. The van der Waals surface area contributed by atoms with Crippen molar-refractivity contribution in [2.24, 2.45) is 4.99 Å². The van der Waals surface area contributed by atoms with Crippen LogP contribution < -0.4 is 10.6 Å². The first-order valence-electron chi connectivity index (χ1n) is 8.48. The molecule has 6 heteroatoms. The van der Waals surface area contributed by atoms with Gasteiger partial charge in [0.1, 0.15) is 0 Å². The molecule has 2 rings (SSSR count). The molecule has 0 saturated carbocycles. The molecule has 1 unspecified atom stereocenters. The zero-order chi connectivity index (χ0) is 16.3. The van der Waals surface area contributed by atoms with Crippen molar-refractivity contribution in [2.45, 2.75) is 31.8 Å². The molecule has 1 aliphatic rings. The van der Waals surface area contributed by atoms with E-state index >= 15 is 0 Å². The van der Waals surface area contributed by atoms with Gasteiger partial charge in [-0.25, -0.2) is 0 Å². The van der Waals surface area contributed by atoms with Crippen LogP contribution >= 0.6 is 24.0 Å². The molecule has 0 bridgehead atoms. The van der Waals surface area contributed by atoms with E-state index in [1.807, 2.05) is 0 Å². The summed E-state index contributed by atoms with van der Waals surface area (Å²) < 4.78 is 11.1. The number of halogens is 1. The summed E-state index contributed by atoms with van der Waals surface area (Å²) in [7, 11) is 3.47. The van der Waals surface area contributed by atoms with E-state index in [0.29, 0.717) is 6.61 Å². The fourth-order valence-corrected chi connectivity index (χ4v) is 2.88. The summed E-state index contributed by atoms with van der Waals surface area (Å²) in [6, 6.07) is 8.66. The lowest BCUT2D eigenvalue weighted by Crippen LogP contribution is -2.39. The van der Waals surface area contributed by atoms with Crippen LogP contribution in [0.25, 0.3) is 0 Å². The van der Waals surface area contributed by atoms with Gasteiger partial charge in [-0.3, -0.25) is 4.99 Å². The summed E-state index contributed by atoms with van der Waals surface area (Å²) in [5, 5.41) is 6.49. The van der Waals surface area contributed by atoms with E-state index in [0.717, 1.165) is 38.5 Å². The Kier molecular flexibility index (Phi) is 11.0. The summed E-state index contributed by atoms with van der Waals surface area (Å²) in [4.78, 5) is 4.18. The molecule has 0 amide bonds. The number of nitrogens with one attached hydrogen (secondary N) is 2. The van der Waals surface area contributed by atoms with E-state index in [1.54, 1.807) is 14.2 Å². The predicted octanol–water partition coefficient (Wildman–Crippen LogP) is 2.90. The molecule has 0 radical (unpaired) electrons. The largest absolute Gasteiger partial charge is 0.383 e. The van der Waals surface area contributed by atoms with E-state index in [-0.39, 0.29) is 30.1 Å². The molecule has 0 aromatic heterocycles. The number of hydrogen-bond donors (Lipinski definition) is 2. The van der Waals surface area contributed by atoms with Gasteiger partial charge in [0.05, 0.1) is 12.7 Å². The Bertz CT molecular complexity index is 497. The Balaban J connectivity index is 0.00000288. The fraction of sp³-hybridized carbons (Fsp3) is 0.611. The van der Waals surface area contributed by atoms with Gasteiger partial charge in [-0.1, -0.05) is 24.3 Å². The standard InChI is InChI=1S/C18H29N3O2.HI/c1-19-18(21-12-14-22-2)20-11-6-13-23-17-10-5-8-15-7-3-4-9-16(15)17;/h3-4,7,9,17H,5-6,8,10-14H2,1-2H3,(H2,19,20,21);1H. The molecule has 0 heterocycles. The summed E-state index contributed by atoms with van der Waals surface area (Å²) in [5.41, 5.74) is 2.83. The summed E-state index contributed by atoms with van der Waals surface area (Å²) >= 11 is 0. The van der Waals surface area contributed by atoms with Gasteiger partial charge in [0.25, 0.3) is 0 Å². The molecule has 0 aliphatic heterocycles. The first-order chi connectivity index (χ1) is 11.3. The first kappa shape index (κ1) is 21.2. The van der Waals surface area contributed by atoms with Crippen LogP contribution in [-0.4, -0.2) is 46.4 Å². The minimum atomic E-state index is 0. The molecule has 0 saturated heterocycles. The highest BCUT2D eigenvalue weighted by molar-refractivity contribution is 14.0. The molecule has 2 N–H and O–H groups in total. The Labute approximate surface area is 162 Å². The van der Waals surface area contributed by atoms with Gasteiger partial charge < -0.3 is 20.1 Å². The minimum absolute atomic E-state index is 0. The smallest absolute Gasteiger partial charge is 0.191 e. The van der Waals surface area contributed by atoms with Crippen LogP contribution in [-0.2, 0) is 15.9 Å². The van der Waals surface area contributed by atoms with Crippen LogP contribution in [0.2, 0.25) is 0 Å². The number of aliphatic imine (C=N–C) groups is 1. The van der Waals surface area contributed by atoms with Gasteiger partial charge in [-0.2, -0.15) is 0 Å². The number of aryl methyl sites for hydroxylation is 1. The molecule has 1 atom stereocenters. The third-order valence-corrected chi connectivity index (χ3v) is 4.07. The average molecular weight is 447 g/mol. The van der Waals surface area contributed by atoms with Gasteiger partial charge in [-0.05, 0) is 36.8 Å². The van der Waals surface area contributed by atoms with E-state index in [9.17, 15) is 0 Å². The molecule has 0 spiro atoms. The van der Waals surface area contributed by atoms with Crippen LogP contribution in [0.1, 0.15) is 36.5 Å². The quantitative estimate of drug-likeness (QED) is 0.279. The molecular formula is C18H30IN3O2.